The van der Waals surface area contributed by atoms with Gasteiger partial charge in [-0.05, 0) is 37.1 Å². The zero-order valence-corrected chi connectivity index (χ0v) is 10.4. The van der Waals surface area contributed by atoms with Crippen LogP contribution in [0.5, 0.6) is 0 Å². The lowest BCUT2D eigenvalue weighted by Crippen LogP contribution is -2.29. The van der Waals surface area contributed by atoms with Crippen molar-refractivity contribution in [3.05, 3.63) is 35.4 Å². The van der Waals surface area contributed by atoms with E-state index in [1.807, 2.05) is 12.1 Å². The van der Waals surface area contributed by atoms with Gasteiger partial charge >= 0.3 is 0 Å². The Bertz CT molecular complexity index is 335. The molecule has 3 nitrogen and oxygen atoms in total. The van der Waals surface area contributed by atoms with Gasteiger partial charge in [-0.3, -0.25) is 0 Å². The third kappa shape index (κ3) is 4.11. The monoisotopic (exact) mass is 234 g/mol. The molecule has 1 aromatic rings. The second-order valence-corrected chi connectivity index (χ2v) is 4.70. The smallest absolute Gasteiger partial charge is 0.0681 e. The highest BCUT2D eigenvalue weighted by Gasteiger charge is 2.09. The Kier molecular flexibility index (Phi) is 4.98. The fraction of sp³-hybridized carbons (Fsp3) is 0.571. The first-order chi connectivity index (χ1) is 8.38. The summed E-state index contributed by atoms with van der Waals surface area (Å²) in [5.74, 6) is 0. The van der Waals surface area contributed by atoms with Crippen LogP contribution < -0.4 is 5.32 Å². The number of benzene rings is 1. The molecular weight excluding hydrogens is 212 g/mol. The molecule has 0 aliphatic carbocycles. The van der Waals surface area contributed by atoms with Crippen molar-refractivity contribution >= 4 is 0 Å². The van der Waals surface area contributed by atoms with Gasteiger partial charge in [0.15, 0.2) is 0 Å². The third-order valence-electron chi connectivity index (χ3n) is 3.31. The maximum atomic E-state index is 9.05. The number of aliphatic hydroxyl groups is 1. The van der Waals surface area contributed by atoms with E-state index in [4.69, 9.17) is 5.11 Å². The van der Waals surface area contributed by atoms with E-state index in [1.54, 1.807) is 0 Å². The molecule has 0 atom stereocenters. The topological polar surface area (TPSA) is 35.5 Å². The van der Waals surface area contributed by atoms with Crippen LogP contribution in [-0.2, 0) is 13.2 Å². The van der Waals surface area contributed by atoms with Crippen LogP contribution in [0.1, 0.15) is 24.0 Å². The maximum Gasteiger partial charge on any atom is 0.0681 e. The van der Waals surface area contributed by atoms with Gasteiger partial charge in [0, 0.05) is 19.6 Å². The van der Waals surface area contributed by atoms with E-state index in [9.17, 15) is 0 Å². The number of nitrogens with one attached hydrogen (secondary N) is 1. The van der Waals surface area contributed by atoms with E-state index >= 15 is 0 Å². The minimum Gasteiger partial charge on any atom is -0.392 e. The van der Waals surface area contributed by atoms with E-state index in [0.717, 1.165) is 25.2 Å². The molecule has 1 aliphatic rings. The zero-order chi connectivity index (χ0) is 11.9. The average Bonchev–Trinajstić information content (AvgIpc) is 2.88. The number of rotatable bonds is 6. The van der Waals surface area contributed by atoms with E-state index < -0.39 is 0 Å². The minimum atomic E-state index is 0.127. The Morgan fingerprint density at radius 1 is 1.18 bits per heavy atom. The normalized spacial score (nSPS) is 16.5. The van der Waals surface area contributed by atoms with Gasteiger partial charge in [-0.25, -0.2) is 0 Å². The lowest BCUT2D eigenvalue weighted by molar-refractivity contribution is 0.281. The summed E-state index contributed by atoms with van der Waals surface area (Å²) in [6.45, 7) is 5.75. The van der Waals surface area contributed by atoms with Gasteiger partial charge in [-0.2, -0.15) is 0 Å². The maximum absolute atomic E-state index is 9.05. The molecule has 94 valence electrons. The van der Waals surface area contributed by atoms with Crippen LogP contribution in [-0.4, -0.2) is 36.2 Å². The molecule has 2 N–H and O–H groups in total. The first-order valence-corrected chi connectivity index (χ1v) is 6.50. The van der Waals surface area contributed by atoms with Gasteiger partial charge in [0.05, 0.1) is 6.61 Å². The molecular formula is C14H22N2O. The molecule has 1 aromatic carbocycles. The van der Waals surface area contributed by atoms with Crippen LogP contribution >= 0.6 is 0 Å². The molecule has 1 heterocycles. The highest BCUT2D eigenvalue weighted by Crippen LogP contribution is 2.06. The van der Waals surface area contributed by atoms with Crippen LogP contribution in [0.4, 0.5) is 0 Å². The van der Waals surface area contributed by atoms with Crippen LogP contribution in [0, 0.1) is 0 Å². The largest absolute Gasteiger partial charge is 0.392 e. The predicted molar refractivity (Wildman–Crippen MR) is 69.7 cm³/mol. The molecule has 0 spiro atoms. The van der Waals surface area contributed by atoms with Crippen molar-refractivity contribution in [2.45, 2.75) is 26.0 Å². The minimum absolute atomic E-state index is 0.127. The van der Waals surface area contributed by atoms with Crippen molar-refractivity contribution < 1.29 is 5.11 Å². The summed E-state index contributed by atoms with van der Waals surface area (Å²) in [5, 5.41) is 12.5. The molecule has 0 bridgehead atoms. The van der Waals surface area contributed by atoms with Crippen LogP contribution in [0.25, 0.3) is 0 Å². The third-order valence-corrected chi connectivity index (χ3v) is 3.31. The average molecular weight is 234 g/mol. The lowest BCUT2D eigenvalue weighted by atomic mass is 10.1. The molecule has 3 heteroatoms. The standard InChI is InChI=1S/C14H22N2O/c17-12-14-5-3-4-13(10-14)11-15-6-9-16-7-1-2-8-16/h3-5,10,15,17H,1-2,6-9,11-12H2. The van der Waals surface area contributed by atoms with Crippen LogP contribution in [0.3, 0.4) is 0 Å². The summed E-state index contributed by atoms with van der Waals surface area (Å²) in [4.78, 5) is 2.51. The zero-order valence-electron chi connectivity index (χ0n) is 10.4. The Balaban J connectivity index is 1.66. The van der Waals surface area contributed by atoms with E-state index in [-0.39, 0.29) is 6.61 Å². The van der Waals surface area contributed by atoms with Crippen molar-refractivity contribution in [1.29, 1.82) is 0 Å². The molecule has 0 saturated carbocycles. The van der Waals surface area contributed by atoms with Gasteiger partial charge in [-0.1, -0.05) is 24.3 Å². The Labute approximate surface area is 103 Å². The van der Waals surface area contributed by atoms with E-state index in [1.165, 1.54) is 31.5 Å². The van der Waals surface area contributed by atoms with Gasteiger partial charge in [0.25, 0.3) is 0 Å². The lowest BCUT2D eigenvalue weighted by Gasteiger charge is -2.14. The molecule has 0 unspecified atom stereocenters. The summed E-state index contributed by atoms with van der Waals surface area (Å²) in [6.07, 6.45) is 2.72. The molecule has 0 radical (unpaired) electrons. The molecule has 0 amide bonds. The molecule has 17 heavy (non-hydrogen) atoms. The fourth-order valence-electron chi connectivity index (χ4n) is 2.31. The Hall–Kier alpha value is -0.900. The number of hydrogen-bond acceptors (Lipinski definition) is 3. The predicted octanol–water partition coefficient (Wildman–Crippen LogP) is 1.36. The second kappa shape index (κ2) is 6.74. The SMILES string of the molecule is OCc1cccc(CNCCN2CCCC2)c1. The second-order valence-electron chi connectivity index (χ2n) is 4.70. The Morgan fingerprint density at radius 2 is 1.94 bits per heavy atom. The van der Waals surface area contributed by atoms with Crippen molar-refractivity contribution in [2.24, 2.45) is 0 Å². The van der Waals surface area contributed by atoms with Crippen molar-refractivity contribution in [3.8, 4) is 0 Å². The summed E-state index contributed by atoms with van der Waals surface area (Å²) in [7, 11) is 0. The van der Waals surface area contributed by atoms with Crippen molar-refractivity contribution in [1.82, 2.24) is 10.2 Å². The molecule has 0 aromatic heterocycles. The van der Waals surface area contributed by atoms with Crippen molar-refractivity contribution in [3.63, 3.8) is 0 Å². The van der Waals surface area contributed by atoms with E-state index in [2.05, 4.69) is 22.3 Å². The molecule has 2 rings (SSSR count). The summed E-state index contributed by atoms with van der Waals surface area (Å²) >= 11 is 0. The summed E-state index contributed by atoms with van der Waals surface area (Å²) < 4.78 is 0. The van der Waals surface area contributed by atoms with Crippen LogP contribution in [0.15, 0.2) is 24.3 Å². The highest BCUT2D eigenvalue weighted by molar-refractivity contribution is 5.22. The fourth-order valence-corrected chi connectivity index (χ4v) is 2.31. The number of likely N-dealkylation sites (tertiary alicyclic amines) is 1. The molecule has 1 saturated heterocycles. The van der Waals surface area contributed by atoms with Crippen molar-refractivity contribution in [2.75, 3.05) is 26.2 Å². The summed E-state index contributed by atoms with van der Waals surface area (Å²) in [5.41, 5.74) is 2.24. The van der Waals surface area contributed by atoms with E-state index in [0.29, 0.717) is 0 Å². The first-order valence-electron chi connectivity index (χ1n) is 6.50. The molecule has 1 fully saturated rings. The van der Waals surface area contributed by atoms with Crippen LogP contribution in [0.2, 0.25) is 0 Å². The molecule has 1 aliphatic heterocycles. The van der Waals surface area contributed by atoms with Gasteiger partial charge in [0.1, 0.15) is 0 Å². The summed E-state index contributed by atoms with van der Waals surface area (Å²) in [6, 6.07) is 8.11. The van der Waals surface area contributed by atoms with Gasteiger partial charge in [0.2, 0.25) is 0 Å². The van der Waals surface area contributed by atoms with Gasteiger partial charge in [-0.15, -0.1) is 0 Å². The quantitative estimate of drug-likeness (QED) is 0.730. The number of hydrogen-bond donors (Lipinski definition) is 2. The first kappa shape index (κ1) is 12.6. The Morgan fingerprint density at radius 3 is 2.71 bits per heavy atom. The highest BCUT2D eigenvalue weighted by atomic mass is 16.3. The number of aliphatic hydroxyl groups excluding tert-OH is 1. The van der Waals surface area contributed by atoms with Gasteiger partial charge < -0.3 is 15.3 Å². The number of nitrogens with zero attached hydrogens (tertiary/aromatic N) is 1.